The van der Waals surface area contributed by atoms with Gasteiger partial charge in [-0.3, -0.25) is 9.69 Å². The van der Waals surface area contributed by atoms with E-state index in [0.717, 1.165) is 34.3 Å². The topological polar surface area (TPSA) is 70.1 Å². The molecule has 0 aliphatic carbocycles. The molecule has 0 unspecified atom stereocenters. The molecule has 1 aromatic heterocycles. The Bertz CT molecular complexity index is 992. The number of thioether (sulfide) groups is 1. The summed E-state index contributed by atoms with van der Waals surface area (Å²) >= 11 is 2.19. The van der Waals surface area contributed by atoms with Crippen molar-refractivity contribution in [3.05, 3.63) is 52.2 Å². The highest BCUT2D eigenvalue weighted by molar-refractivity contribution is 8.19. The average Bonchev–Trinajstić information content (AvgIpc) is 3.25. The Hall–Kier alpha value is -2.10. The van der Waals surface area contributed by atoms with Crippen LogP contribution in [0.5, 0.6) is 0 Å². The fourth-order valence-electron chi connectivity index (χ4n) is 2.43. The van der Waals surface area contributed by atoms with E-state index in [4.69, 9.17) is 0 Å². The van der Waals surface area contributed by atoms with Gasteiger partial charge < -0.3 is 4.90 Å². The third-order valence-electron chi connectivity index (χ3n) is 3.86. The number of sulfonamides is 1. The number of amides is 1. The maximum Gasteiger partial charge on any atom is 0.294 e. The molecule has 1 aliphatic rings. The molecule has 142 valence electrons. The summed E-state index contributed by atoms with van der Waals surface area (Å²) in [5, 5.41) is 1.87. The van der Waals surface area contributed by atoms with Gasteiger partial charge in [-0.1, -0.05) is 18.2 Å². The first-order chi connectivity index (χ1) is 12.8. The molecule has 0 atom stereocenters. The Morgan fingerprint density at radius 2 is 1.89 bits per heavy atom. The highest BCUT2D eigenvalue weighted by Crippen LogP contribution is 2.34. The van der Waals surface area contributed by atoms with Gasteiger partial charge in [0.25, 0.3) is 15.9 Å². The fraction of sp³-hybridized carbons (Fsp3) is 0.222. The predicted molar refractivity (Wildman–Crippen MR) is 113 cm³/mol. The van der Waals surface area contributed by atoms with Crippen molar-refractivity contribution in [1.29, 1.82) is 0 Å². The van der Waals surface area contributed by atoms with E-state index in [2.05, 4.69) is 4.40 Å². The third-order valence-corrected chi connectivity index (χ3v) is 7.62. The van der Waals surface area contributed by atoms with E-state index in [1.165, 1.54) is 11.0 Å². The maximum atomic E-state index is 12.7. The summed E-state index contributed by atoms with van der Waals surface area (Å²) < 4.78 is 28.9. The lowest BCUT2D eigenvalue weighted by molar-refractivity contribution is -0.122. The molecule has 9 heteroatoms. The monoisotopic (exact) mass is 421 g/mol. The molecule has 0 N–H and O–H groups in total. The van der Waals surface area contributed by atoms with Crippen molar-refractivity contribution in [2.75, 3.05) is 25.5 Å². The number of rotatable bonds is 5. The first-order valence-electron chi connectivity index (χ1n) is 8.19. The fourth-order valence-corrected chi connectivity index (χ4v) is 5.65. The molecule has 0 bridgehead atoms. The lowest BCUT2D eigenvalue weighted by Gasteiger charge is -2.12. The largest absolute Gasteiger partial charge is 0.378 e. The number of benzene rings is 1. The van der Waals surface area contributed by atoms with Crippen LogP contribution in [0.1, 0.15) is 12.5 Å². The smallest absolute Gasteiger partial charge is 0.294 e. The molecule has 2 heterocycles. The van der Waals surface area contributed by atoms with Crippen molar-refractivity contribution in [3.63, 3.8) is 0 Å². The van der Waals surface area contributed by atoms with Gasteiger partial charge in [0, 0.05) is 26.3 Å². The highest BCUT2D eigenvalue weighted by Gasteiger charge is 2.34. The normalized spacial score (nSPS) is 17.9. The molecule has 1 fully saturated rings. The SMILES string of the molecule is CCN1C(=O)/C(=C\c2ccc(N(C)C)cc2)S/C1=N/S(=O)(=O)c1cccs1. The quantitative estimate of drug-likeness (QED) is 0.691. The molecule has 0 spiro atoms. The van der Waals surface area contributed by atoms with E-state index in [1.54, 1.807) is 24.4 Å². The molecule has 1 aromatic carbocycles. The minimum atomic E-state index is -3.82. The van der Waals surface area contributed by atoms with Gasteiger partial charge in [-0.25, -0.2) is 0 Å². The lowest BCUT2D eigenvalue weighted by Crippen LogP contribution is -2.29. The molecule has 1 aliphatic heterocycles. The Balaban J connectivity index is 1.91. The number of carbonyl (C=O) groups excluding carboxylic acids is 1. The summed E-state index contributed by atoms with van der Waals surface area (Å²) in [6, 6.07) is 10.9. The first kappa shape index (κ1) is 19.7. The minimum Gasteiger partial charge on any atom is -0.378 e. The molecular formula is C18H19N3O3S3. The lowest BCUT2D eigenvalue weighted by atomic mass is 10.2. The predicted octanol–water partition coefficient (Wildman–Crippen LogP) is 3.50. The second kappa shape index (κ2) is 7.87. The van der Waals surface area contributed by atoms with Crippen LogP contribution in [0.2, 0.25) is 0 Å². The zero-order valence-corrected chi connectivity index (χ0v) is 17.6. The Morgan fingerprint density at radius 3 is 2.44 bits per heavy atom. The zero-order valence-electron chi connectivity index (χ0n) is 15.1. The number of nitrogens with zero attached hydrogens (tertiary/aromatic N) is 3. The van der Waals surface area contributed by atoms with Gasteiger partial charge in [-0.2, -0.15) is 8.42 Å². The molecule has 27 heavy (non-hydrogen) atoms. The van der Waals surface area contributed by atoms with Crippen molar-refractivity contribution >= 4 is 56.0 Å². The highest BCUT2D eigenvalue weighted by atomic mass is 32.2. The Morgan fingerprint density at radius 1 is 1.19 bits per heavy atom. The molecule has 0 saturated carbocycles. The second-order valence-electron chi connectivity index (χ2n) is 5.93. The minimum absolute atomic E-state index is 0.163. The van der Waals surface area contributed by atoms with Gasteiger partial charge in [-0.15, -0.1) is 15.7 Å². The van der Waals surface area contributed by atoms with Crippen molar-refractivity contribution in [3.8, 4) is 0 Å². The van der Waals surface area contributed by atoms with Gasteiger partial charge in [0.2, 0.25) is 0 Å². The van der Waals surface area contributed by atoms with Gasteiger partial charge in [0.15, 0.2) is 5.17 Å². The summed E-state index contributed by atoms with van der Waals surface area (Å²) in [5.74, 6) is -0.237. The van der Waals surface area contributed by atoms with E-state index in [1.807, 2.05) is 43.3 Å². The van der Waals surface area contributed by atoms with Gasteiger partial charge in [-0.05, 0) is 53.9 Å². The van der Waals surface area contributed by atoms with Crippen LogP contribution in [0.4, 0.5) is 5.69 Å². The number of anilines is 1. The van der Waals surface area contributed by atoms with Crippen molar-refractivity contribution < 1.29 is 13.2 Å². The van der Waals surface area contributed by atoms with Crippen LogP contribution in [0.3, 0.4) is 0 Å². The Kier molecular flexibility index (Phi) is 5.73. The Labute approximate surface area is 167 Å². The van der Waals surface area contributed by atoms with E-state index < -0.39 is 10.0 Å². The number of thiophene rings is 1. The van der Waals surface area contributed by atoms with E-state index in [9.17, 15) is 13.2 Å². The van der Waals surface area contributed by atoms with Crippen molar-refractivity contribution in [2.24, 2.45) is 4.40 Å². The molecule has 0 radical (unpaired) electrons. The molecule has 1 saturated heterocycles. The van der Waals surface area contributed by atoms with Crippen LogP contribution in [-0.4, -0.2) is 45.0 Å². The summed E-state index contributed by atoms with van der Waals surface area (Å²) in [6.07, 6.45) is 1.76. The summed E-state index contributed by atoms with van der Waals surface area (Å²) in [4.78, 5) is 16.5. The summed E-state index contributed by atoms with van der Waals surface area (Å²) in [6.45, 7) is 2.14. The zero-order chi connectivity index (χ0) is 19.6. The van der Waals surface area contributed by atoms with E-state index in [-0.39, 0.29) is 15.3 Å². The number of likely N-dealkylation sites (N-methyl/N-ethyl adjacent to an activating group) is 1. The van der Waals surface area contributed by atoms with Crippen LogP contribution in [0.25, 0.3) is 6.08 Å². The molecule has 1 amide bonds. The summed E-state index contributed by atoms with van der Waals surface area (Å²) in [5.41, 5.74) is 1.93. The van der Waals surface area contributed by atoms with Crippen molar-refractivity contribution in [2.45, 2.75) is 11.1 Å². The molecular weight excluding hydrogens is 402 g/mol. The number of carbonyl (C=O) groups is 1. The molecule has 6 nitrogen and oxygen atoms in total. The first-order valence-corrected chi connectivity index (χ1v) is 11.3. The van der Waals surface area contributed by atoms with Crippen LogP contribution in [0.15, 0.2) is 55.3 Å². The van der Waals surface area contributed by atoms with Crippen LogP contribution < -0.4 is 4.90 Å². The standard InChI is InChI=1S/C18H19N3O3S3/c1-4-21-17(22)15(12-13-7-9-14(10-8-13)20(2)3)26-18(21)19-27(23,24)16-6-5-11-25-16/h5-12H,4H2,1-3H3/b15-12+,19-18+. The molecule has 3 rings (SSSR count). The van der Waals surface area contributed by atoms with Crippen LogP contribution in [0, 0.1) is 0 Å². The van der Waals surface area contributed by atoms with E-state index in [0.29, 0.717) is 11.4 Å². The second-order valence-corrected chi connectivity index (χ2v) is 9.71. The van der Waals surface area contributed by atoms with E-state index >= 15 is 0 Å². The number of hydrogen-bond donors (Lipinski definition) is 0. The maximum absolute atomic E-state index is 12.7. The number of amidine groups is 1. The van der Waals surface area contributed by atoms with Crippen LogP contribution >= 0.6 is 23.1 Å². The van der Waals surface area contributed by atoms with Crippen molar-refractivity contribution in [1.82, 2.24) is 4.90 Å². The van der Waals surface area contributed by atoms with Gasteiger partial charge in [0.05, 0.1) is 4.91 Å². The number of hydrogen-bond acceptors (Lipinski definition) is 6. The third kappa shape index (κ3) is 4.26. The van der Waals surface area contributed by atoms with Gasteiger partial charge >= 0.3 is 0 Å². The van der Waals surface area contributed by atoms with Gasteiger partial charge in [0.1, 0.15) is 4.21 Å². The molecule has 2 aromatic rings. The van der Waals surface area contributed by atoms with Crippen LogP contribution in [-0.2, 0) is 14.8 Å². The summed E-state index contributed by atoms with van der Waals surface area (Å²) in [7, 11) is 0.0969. The average molecular weight is 422 g/mol.